The Morgan fingerprint density at radius 3 is 2.93 bits per heavy atom. The Bertz CT molecular complexity index is 320. The molecule has 84 valence electrons. The molecule has 0 aliphatic heterocycles. The molecular weight excluding hydrogens is 210 g/mol. The molecule has 1 atom stereocenters. The lowest BCUT2D eigenvalue weighted by atomic mass is 10.3. The zero-order valence-corrected chi connectivity index (χ0v) is 10.1. The molecule has 1 unspecified atom stereocenters. The first-order valence-electron chi connectivity index (χ1n) is 4.73. The highest BCUT2D eigenvalue weighted by molar-refractivity contribution is 7.98. The first-order valence-corrected chi connectivity index (χ1v) is 6.12. The number of hydrogen-bond donors (Lipinski definition) is 2. The largest absolute Gasteiger partial charge is 0.479 e. The van der Waals surface area contributed by atoms with Crippen molar-refractivity contribution >= 4 is 23.3 Å². The molecule has 1 aromatic heterocycles. The zero-order chi connectivity index (χ0) is 11.3. The molecular formula is C10H17N3OS. The predicted octanol–water partition coefficient (Wildman–Crippen LogP) is 1.84. The summed E-state index contributed by atoms with van der Waals surface area (Å²) in [5.74, 6) is 2.30. The lowest BCUT2D eigenvalue weighted by Gasteiger charge is -2.14. The van der Waals surface area contributed by atoms with E-state index in [4.69, 9.17) is 10.5 Å². The van der Waals surface area contributed by atoms with Crippen LogP contribution in [-0.2, 0) is 0 Å². The maximum Gasteiger partial charge on any atom is 0.238 e. The van der Waals surface area contributed by atoms with Crippen LogP contribution in [0, 0.1) is 0 Å². The van der Waals surface area contributed by atoms with Gasteiger partial charge in [-0.25, -0.2) is 0 Å². The molecule has 0 saturated heterocycles. The molecule has 0 aliphatic carbocycles. The number of nitrogen functional groups attached to an aromatic ring is 1. The molecule has 0 bridgehead atoms. The van der Waals surface area contributed by atoms with Gasteiger partial charge in [0.25, 0.3) is 0 Å². The van der Waals surface area contributed by atoms with Crippen LogP contribution < -0.4 is 15.8 Å². The minimum atomic E-state index is 0.376. The summed E-state index contributed by atoms with van der Waals surface area (Å²) in [5.41, 5.74) is 6.23. The Morgan fingerprint density at radius 1 is 1.60 bits per heavy atom. The monoisotopic (exact) mass is 227 g/mol. The second-order valence-electron chi connectivity index (χ2n) is 3.30. The molecule has 0 spiro atoms. The number of thioether (sulfide) groups is 1. The van der Waals surface area contributed by atoms with Gasteiger partial charge >= 0.3 is 0 Å². The van der Waals surface area contributed by atoms with Gasteiger partial charge < -0.3 is 15.8 Å². The van der Waals surface area contributed by atoms with E-state index in [0.29, 0.717) is 17.6 Å². The van der Waals surface area contributed by atoms with Crippen molar-refractivity contribution in [1.82, 2.24) is 4.98 Å². The van der Waals surface area contributed by atoms with Crippen LogP contribution in [0.25, 0.3) is 0 Å². The van der Waals surface area contributed by atoms with E-state index >= 15 is 0 Å². The molecule has 0 amide bonds. The Hall–Kier alpha value is -1.10. The minimum Gasteiger partial charge on any atom is -0.479 e. The number of aromatic nitrogens is 1. The number of nitrogens with zero attached hydrogens (tertiary/aromatic N) is 1. The van der Waals surface area contributed by atoms with E-state index in [2.05, 4.69) is 23.5 Å². The summed E-state index contributed by atoms with van der Waals surface area (Å²) < 4.78 is 5.05. The summed E-state index contributed by atoms with van der Waals surface area (Å²) in [4.78, 5) is 4.25. The molecule has 15 heavy (non-hydrogen) atoms. The number of nitrogens with two attached hydrogens (primary N) is 1. The van der Waals surface area contributed by atoms with Crippen molar-refractivity contribution in [2.75, 3.05) is 30.2 Å². The first-order chi connectivity index (χ1) is 7.17. The summed E-state index contributed by atoms with van der Waals surface area (Å²) in [7, 11) is 1.56. The quantitative estimate of drug-likeness (QED) is 0.803. The fraction of sp³-hybridized carbons (Fsp3) is 0.500. The Balaban J connectivity index is 2.69. The third-order valence-corrected chi connectivity index (χ3v) is 2.73. The van der Waals surface area contributed by atoms with Crippen molar-refractivity contribution in [3.63, 3.8) is 0 Å². The first kappa shape index (κ1) is 12.0. The lowest BCUT2D eigenvalue weighted by molar-refractivity contribution is 0.401. The average Bonchev–Trinajstić information content (AvgIpc) is 2.21. The highest BCUT2D eigenvalue weighted by Crippen LogP contribution is 2.20. The molecule has 5 heteroatoms. The van der Waals surface area contributed by atoms with Crippen molar-refractivity contribution in [1.29, 1.82) is 0 Å². The van der Waals surface area contributed by atoms with Crippen LogP contribution in [0.3, 0.4) is 0 Å². The molecule has 1 heterocycles. The van der Waals surface area contributed by atoms with Crippen LogP contribution in [0.1, 0.15) is 6.92 Å². The highest BCUT2D eigenvalue weighted by Gasteiger charge is 2.05. The summed E-state index contributed by atoms with van der Waals surface area (Å²) in [5, 5.41) is 3.28. The van der Waals surface area contributed by atoms with Gasteiger partial charge in [0.05, 0.1) is 12.8 Å². The fourth-order valence-corrected chi connectivity index (χ4v) is 1.82. The number of hydrogen-bond acceptors (Lipinski definition) is 5. The van der Waals surface area contributed by atoms with Crippen molar-refractivity contribution in [2.45, 2.75) is 13.0 Å². The maximum absolute atomic E-state index is 5.67. The standard InChI is InChI=1S/C10H17N3OS/c1-7(6-15-3)12-9-5-4-8(11)10(13-9)14-2/h4-5,7H,6,11H2,1-3H3,(H,12,13). The molecule has 0 aliphatic rings. The second-order valence-corrected chi connectivity index (χ2v) is 4.21. The van der Waals surface area contributed by atoms with Crippen LogP contribution in [0.5, 0.6) is 5.88 Å². The molecule has 0 saturated carbocycles. The van der Waals surface area contributed by atoms with Gasteiger partial charge in [0.15, 0.2) is 0 Å². The lowest BCUT2D eigenvalue weighted by Crippen LogP contribution is -2.18. The van der Waals surface area contributed by atoms with Crippen molar-refractivity contribution in [3.8, 4) is 5.88 Å². The molecule has 0 radical (unpaired) electrons. The summed E-state index contributed by atoms with van der Waals surface area (Å²) >= 11 is 1.80. The SMILES string of the molecule is COc1nc(NC(C)CSC)ccc1N. The number of ether oxygens (including phenoxy) is 1. The molecule has 1 aromatic rings. The van der Waals surface area contributed by atoms with Crippen LogP contribution in [-0.4, -0.2) is 30.1 Å². The fourth-order valence-electron chi connectivity index (χ4n) is 1.24. The van der Waals surface area contributed by atoms with Gasteiger partial charge in [-0.2, -0.15) is 16.7 Å². The third kappa shape index (κ3) is 3.51. The number of methoxy groups -OCH3 is 1. The van der Waals surface area contributed by atoms with E-state index in [9.17, 15) is 0 Å². The number of rotatable bonds is 5. The van der Waals surface area contributed by atoms with E-state index in [1.807, 2.05) is 6.07 Å². The van der Waals surface area contributed by atoms with Gasteiger partial charge in [-0.15, -0.1) is 0 Å². The number of nitrogens with one attached hydrogen (secondary N) is 1. The van der Waals surface area contributed by atoms with Gasteiger partial charge in [0.1, 0.15) is 5.82 Å². The number of pyridine rings is 1. The Kier molecular flexibility index (Phi) is 4.55. The summed E-state index contributed by atoms with van der Waals surface area (Å²) in [6.45, 7) is 2.11. The van der Waals surface area contributed by atoms with Gasteiger partial charge in [0, 0.05) is 11.8 Å². The highest BCUT2D eigenvalue weighted by atomic mass is 32.2. The second kappa shape index (κ2) is 5.70. The van der Waals surface area contributed by atoms with Crippen LogP contribution in [0.4, 0.5) is 11.5 Å². The van der Waals surface area contributed by atoms with Crippen molar-refractivity contribution < 1.29 is 4.74 Å². The van der Waals surface area contributed by atoms with E-state index in [1.54, 1.807) is 24.9 Å². The molecule has 0 fully saturated rings. The minimum absolute atomic E-state index is 0.376. The van der Waals surface area contributed by atoms with E-state index in [1.165, 1.54) is 0 Å². The normalized spacial score (nSPS) is 12.2. The van der Waals surface area contributed by atoms with Crippen molar-refractivity contribution in [2.24, 2.45) is 0 Å². The zero-order valence-electron chi connectivity index (χ0n) is 9.28. The molecule has 0 aromatic carbocycles. The Morgan fingerprint density at radius 2 is 2.33 bits per heavy atom. The van der Waals surface area contributed by atoms with Gasteiger partial charge in [-0.05, 0) is 25.3 Å². The van der Waals surface area contributed by atoms with Gasteiger partial charge in [-0.1, -0.05) is 0 Å². The van der Waals surface area contributed by atoms with Crippen LogP contribution in [0.2, 0.25) is 0 Å². The third-order valence-electron chi connectivity index (χ3n) is 1.89. The number of anilines is 2. The van der Waals surface area contributed by atoms with E-state index < -0.39 is 0 Å². The summed E-state index contributed by atoms with van der Waals surface area (Å²) in [6, 6.07) is 4.02. The van der Waals surface area contributed by atoms with Gasteiger partial charge in [0.2, 0.25) is 5.88 Å². The molecule has 4 nitrogen and oxygen atoms in total. The van der Waals surface area contributed by atoms with E-state index in [0.717, 1.165) is 11.6 Å². The van der Waals surface area contributed by atoms with Crippen LogP contribution >= 0.6 is 11.8 Å². The Labute approximate surface area is 94.6 Å². The van der Waals surface area contributed by atoms with Gasteiger partial charge in [-0.3, -0.25) is 0 Å². The summed E-state index contributed by atoms with van der Waals surface area (Å²) in [6.07, 6.45) is 2.08. The van der Waals surface area contributed by atoms with E-state index in [-0.39, 0.29) is 0 Å². The topological polar surface area (TPSA) is 60.2 Å². The predicted molar refractivity (Wildman–Crippen MR) is 66.7 cm³/mol. The molecule has 3 N–H and O–H groups in total. The molecule has 1 rings (SSSR count). The van der Waals surface area contributed by atoms with Crippen LogP contribution in [0.15, 0.2) is 12.1 Å². The van der Waals surface area contributed by atoms with Crippen molar-refractivity contribution in [3.05, 3.63) is 12.1 Å². The maximum atomic E-state index is 5.67. The smallest absolute Gasteiger partial charge is 0.238 e. The average molecular weight is 227 g/mol.